The molecule has 280 valence electrons. The highest BCUT2D eigenvalue weighted by atomic mass is 35.5. The number of nitrogens with one attached hydrogen (secondary N) is 3. The molecule has 4 heterocycles. The van der Waals surface area contributed by atoms with E-state index in [0.29, 0.717) is 77.3 Å². The van der Waals surface area contributed by atoms with Gasteiger partial charge in [0.15, 0.2) is 5.82 Å². The number of aromatic nitrogens is 3. The minimum atomic E-state index is -0.524. The maximum atomic E-state index is 13.6. The van der Waals surface area contributed by atoms with Crippen molar-refractivity contribution >= 4 is 46.7 Å². The van der Waals surface area contributed by atoms with Crippen LogP contribution in [0, 0.1) is 0 Å². The number of pyridine rings is 1. The first-order valence-corrected chi connectivity index (χ1v) is 18.5. The SMILES string of the molecule is COc1cc(-c2nccc(-c3cccc(NC(=O)c4nc5c(n4C)CCN(CCC(=O)OC(C)(C)C)C5)c3Cl)c2Cl)ccc1CNC[C@H]1CCC(=O)N1. The molecule has 2 aliphatic rings. The van der Waals surface area contributed by atoms with Crippen molar-refractivity contribution in [2.24, 2.45) is 7.05 Å². The molecule has 1 fully saturated rings. The Morgan fingerprint density at radius 1 is 1.08 bits per heavy atom. The van der Waals surface area contributed by atoms with Gasteiger partial charge in [0.2, 0.25) is 5.91 Å². The summed E-state index contributed by atoms with van der Waals surface area (Å²) >= 11 is 14.0. The highest BCUT2D eigenvalue weighted by molar-refractivity contribution is 6.39. The van der Waals surface area contributed by atoms with Gasteiger partial charge < -0.3 is 30.0 Å². The molecule has 4 aromatic rings. The Labute approximate surface area is 319 Å². The van der Waals surface area contributed by atoms with Crippen LogP contribution in [0.25, 0.3) is 22.4 Å². The highest BCUT2D eigenvalue weighted by Gasteiger charge is 2.27. The molecule has 0 spiro atoms. The van der Waals surface area contributed by atoms with E-state index in [9.17, 15) is 14.4 Å². The van der Waals surface area contributed by atoms with Crippen LogP contribution in [0.4, 0.5) is 5.69 Å². The maximum absolute atomic E-state index is 13.6. The second-order valence-corrected chi connectivity index (χ2v) is 15.1. The van der Waals surface area contributed by atoms with Gasteiger partial charge in [-0.2, -0.15) is 0 Å². The average molecular weight is 763 g/mol. The van der Waals surface area contributed by atoms with Gasteiger partial charge in [0, 0.05) is 92.8 Å². The van der Waals surface area contributed by atoms with Crippen LogP contribution in [0.2, 0.25) is 10.0 Å². The molecule has 6 rings (SSSR count). The molecule has 0 aliphatic carbocycles. The Bertz CT molecular complexity index is 2030. The Morgan fingerprint density at radius 2 is 1.87 bits per heavy atom. The fourth-order valence-electron chi connectivity index (χ4n) is 6.74. The highest BCUT2D eigenvalue weighted by Crippen LogP contribution is 2.41. The lowest BCUT2D eigenvalue weighted by Crippen LogP contribution is -2.35. The van der Waals surface area contributed by atoms with E-state index in [1.807, 2.05) is 56.7 Å². The lowest BCUT2D eigenvalue weighted by atomic mass is 10.0. The van der Waals surface area contributed by atoms with Crippen LogP contribution >= 0.6 is 23.2 Å². The van der Waals surface area contributed by atoms with E-state index < -0.39 is 11.5 Å². The number of hydrogen-bond acceptors (Lipinski definition) is 9. The molecule has 12 nitrogen and oxygen atoms in total. The number of imidazole rings is 1. The second kappa shape index (κ2) is 16.3. The standard InChI is InChI=1S/C39H45Cl2N7O5/c1-39(2,3)53-33(50)15-18-48-17-14-30-29(22-48)45-37(47(30)4)38(51)46-28-8-6-7-26(34(28)40)27-13-16-43-36(35(27)41)23-9-10-24(31(19-23)52-5)20-42-21-25-11-12-32(49)44-25/h6-10,13,16,19,25,42H,11-12,14-15,17-18,20-22H2,1-5H3,(H,44,49)(H,46,51)/t25-/m1/s1. The number of hydrogen-bond donors (Lipinski definition) is 3. The first kappa shape index (κ1) is 38.2. The monoisotopic (exact) mass is 761 g/mol. The third-order valence-corrected chi connectivity index (χ3v) is 10.2. The van der Waals surface area contributed by atoms with Crippen molar-refractivity contribution in [1.82, 2.24) is 30.1 Å². The molecule has 2 aromatic heterocycles. The Hall–Kier alpha value is -4.49. The summed E-state index contributed by atoms with van der Waals surface area (Å²) in [4.78, 5) is 48.8. The predicted molar refractivity (Wildman–Crippen MR) is 205 cm³/mol. The van der Waals surface area contributed by atoms with E-state index in [1.54, 1.807) is 31.5 Å². The normalized spacial score (nSPS) is 15.9. The molecule has 0 bridgehead atoms. The summed E-state index contributed by atoms with van der Waals surface area (Å²) < 4.78 is 13.0. The van der Waals surface area contributed by atoms with Gasteiger partial charge in [-0.1, -0.05) is 47.5 Å². The Kier molecular flexibility index (Phi) is 11.7. The number of ether oxygens (including phenoxy) is 2. The quantitative estimate of drug-likeness (QED) is 0.145. The van der Waals surface area contributed by atoms with Crippen molar-refractivity contribution in [3.63, 3.8) is 0 Å². The molecule has 3 N–H and O–H groups in total. The molecule has 0 saturated carbocycles. The van der Waals surface area contributed by atoms with Crippen LogP contribution in [0.5, 0.6) is 5.75 Å². The fourth-order valence-corrected chi connectivity index (χ4v) is 7.33. The second-order valence-electron chi connectivity index (χ2n) is 14.4. The summed E-state index contributed by atoms with van der Waals surface area (Å²) in [6.45, 7) is 8.64. The first-order valence-electron chi connectivity index (χ1n) is 17.7. The summed E-state index contributed by atoms with van der Waals surface area (Å²) in [5.41, 5.74) is 5.25. The Morgan fingerprint density at radius 3 is 2.60 bits per heavy atom. The first-order chi connectivity index (χ1) is 25.3. The maximum Gasteiger partial charge on any atom is 0.307 e. The molecule has 0 radical (unpaired) electrons. The lowest BCUT2D eigenvalue weighted by Gasteiger charge is -2.27. The van der Waals surface area contributed by atoms with Crippen molar-refractivity contribution in [3.05, 3.63) is 81.5 Å². The van der Waals surface area contributed by atoms with Gasteiger partial charge in [-0.15, -0.1) is 0 Å². The summed E-state index contributed by atoms with van der Waals surface area (Å²) in [6.07, 6.45) is 4.05. The number of carbonyl (C=O) groups is 3. The zero-order valence-electron chi connectivity index (χ0n) is 30.6. The zero-order chi connectivity index (χ0) is 37.9. The summed E-state index contributed by atoms with van der Waals surface area (Å²) in [7, 11) is 3.46. The summed E-state index contributed by atoms with van der Waals surface area (Å²) in [6, 6.07) is 13.1. The van der Waals surface area contributed by atoms with Crippen LogP contribution in [0.1, 0.15) is 67.6 Å². The van der Waals surface area contributed by atoms with Crippen molar-refractivity contribution in [2.75, 3.05) is 32.1 Å². The summed E-state index contributed by atoms with van der Waals surface area (Å²) in [5, 5.41) is 10.0. The van der Waals surface area contributed by atoms with Crippen LogP contribution in [0.15, 0.2) is 48.7 Å². The van der Waals surface area contributed by atoms with Crippen LogP contribution in [-0.2, 0) is 40.9 Å². The minimum Gasteiger partial charge on any atom is -0.496 e. The summed E-state index contributed by atoms with van der Waals surface area (Å²) in [5.74, 6) is 0.416. The van der Waals surface area contributed by atoms with Crippen LogP contribution in [0.3, 0.4) is 0 Å². The van der Waals surface area contributed by atoms with Crippen LogP contribution < -0.4 is 20.7 Å². The topological polar surface area (TPSA) is 140 Å². The van der Waals surface area contributed by atoms with E-state index in [2.05, 4.69) is 25.8 Å². The number of benzene rings is 2. The van der Waals surface area contributed by atoms with E-state index in [1.165, 1.54) is 0 Å². The van der Waals surface area contributed by atoms with Crippen molar-refractivity contribution < 1.29 is 23.9 Å². The smallest absolute Gasteiger partial charge is 0.307 e. The number of rotatable bonds is 12. The van der Waals surface area contributed by atoms with Gasteiger partial charge in [-0.25, -0.2) is 4.98 Å². The third-order valence-electron chi connectivity index (χ3n) is 9.37. The number of fused-ring (bicyclic) bond motifs is 1. The number of nitrogens with zero attached hydrogens (tertiary/aromatic N) is 4. The number of amides is 2. The molecule has 2 aliphatic heterocycles. The molecule has 1 saturated heterocycles. The van der Waals surface area contributed by atoms with Crippen LogP contribution in [-0.4, -0.2) is 75.6 Å². The van der Waals surface area contributed by atoms with Gasteiger partial charge in [-0.05, 0) is 45.4 Å². The van der Waals surface area contributed by atoms with Gasteiger partial charge in [0.25, 0.3) is 5.91 Å². The average Bonchev–Trinajstić information content (AvgIpc) is 3.69. The fraction of sp³-hybridized carbons (Fsp3) is 0.410. The molecule has 2 amide bonds. The van der Waals surface area contributed by atoms with E-state index in [4.69, 9.17) is 37.7 Å². The van der Waals surface area contributed by atoms with E-state index >= 15 is 0 Å². The van der Waals surface area contributed by atoms with Crippen molar-refractivity contribution in [2.45, 2.75) is 71.2 Å². The third kappa shape index (κ3) is 9.01. The van der Waals surface area contributed by atoms with E-state index in [0.717, 1.165) is 35.5 Å². The number of carbonyl (C=O) groups excluding carboxylic acids is 3. The van der Waals surface area contributed by atoms with Gasteiger partial charge in [-0.3, -0.25) is 24.3 Å². The minimum absolute atomic E-state index is 0.0915. The number of esters is 1. The molecule has 14 heteroatoms. The molecule has 0 unspecified atom stereocenters. The zero-order valence-corrected chi connectivity index (χ0v) is 32.2. The van der Waals surface area contributed by atoms with Gasteiger partial charge in [0.1, 0.15) is 11.4 Å². The largest absolute Gasteiger partial charge is 0.496 e. The van der Waals surface area contributed by atoms with Gasteiger partial charge >= 0.3 is 5.97 Å². The molecule has 53 heavy (non-hydrogen) atoms. The number of methoxy groups -OCH3 is 1. The van der Waals surface area contributed by atoms with Crippen molar-refractivity contribution in [1.29, 1.82) is 0 Å². The number of anilines is 1. The predicted octanol–water partition coefficient (Wildman–Crippen LogP) is 6.17. The number of halogens is 2. The van der Waals surface area contributed by atoms with Crippen molar-refractivity contribution in [3.8, 4) is 28.1 Å². The molecule has 2 aromatic carbocycles. The Balaban J connectivity index is 1.15. The molecular formula is C39H45Cl2N7O5. The molecule has 1 atom stereocenters. The lowest BCUT2D eigenvalue weighted by molar-refractivity contribution is -0.155. The van der Waals surface area contributed by atoms with Gasteiger partial charge in [0.05, 0.1) is 40.7 Å². The van der Waals surface area contributed by atoms with E-state index in [-0.39, 0.29) is 30.2 Å². The molecular weight excluding hydrogens is 717 g/mol.